The Bertz CT molecular complexity index is 750. The minimum atomic E-state index is -4.40. The van der Waals surface area contributed by atoms with E-state index in [1.54, 1.807) is 6.07 Å². The van der Waals surface area contributed by atoms with Gasteiger partial charge in [0.1, 0.15) is 0 Å². The first-order valence-electron chi connectivity index (χ1n) is 10.1. The van der Waals surface area contributed by atoms with Crippen molar-refractivity contribution in [3.63, 3.8) is 0 Å². The van der Waals surface area contributed by atoms with Gasteiger partial charge in [0.05, 0.1) is 5.56 Å². The van der Waals surface area contributed by atoms with Gasteiger partial charge in [0.15, 0.2) is 0 Å². The van der Waals surface area contributed by atoms with Gasteiger partial charge in [0.2, 0.25) is 0 Å². The molecule has 0 saturated carbocycles. The SMILES string of the molecule is C=C(N)c1ccc(CCc2ccc(CCCC)cc2)c(C(F)(F)F)c1.CCCO. The lowest BCUT2D eigenvalue weighted by Gasteiger charge is -2.15. The summed E-state index contributed by atoms with van der Waals surface area (Å²) in [6.45, 7) is 7.91. The minimum Gasteiger partial charge on any atom is -0.399 e. The van der Waals surface area contributed by atoms with E-state index in [9.17, 15) is 13.2 Å². The van der Waals surface area contributed by atoms with E-state index in [0.717, 1.165) is 37.3 Å². The number of rotatable bonds is 8. The van der Waals surface area contributed by atoms with Crippen LogP contribution in [0.1, 0.15) is 60.9 Å². The lowest BCUT2D eigenvalue weighted by molar-refractivity contribution is -0.138. The molecule has 0 amide bonds. The molecule has 2 aromatic rings. The molecule has 29 heavy (non-hydrogen) atoms. The van der Waals surface area contributed by atoms with E-state index in [-0.39, 0.29) is 11.3 Å². The smallest absolute Gasteiger partial charge is 0.399 e. The summed E-state index contributed by atoms with van der Waals surface area (Å²) in [6.07, 6.45) is 0.713. The Hall–Kier alpha value is -2.27. The first kappa shape index (κ1) is 24.8. The molecule has 0 fully saturated rings. The number of benzene rings is 2. The molecule has 0 bridgehead atoms. The number of hydrogen-bond acceptors (Lipinski definition) is 2. The first-order chi connectivity index (χ1) is 13.7. The summed E-state index contributed by atoms with van der Waals surface area (Å²) < 4.78 is 40.0. The van der Waals surface area contributed by atoms with Crippen LogP contribution in [0.2, 0.25) is 0 Å². The monoisotopic (exact) mass is 407 g/mol. The van der Waals surface area contributed by atoms with Crippen LogP contribution >= 0.6 is 0 Å². The largest absolute Gasteiger partial charge is 0.416 e. The van der Waals surface area contributed by atoms with Gasteiger partial charge in [-0.1, -0.05) is 63.2 Å². The maximum absolute atomic E-state index is 13.3. The summed E-state index contributed by atoms with van der Waals surface area (Å²) in [7, 11) is 0. The van der Waals surface area contributed by atoms with Crippen molar-refractivity contribution >= 4 is 5.70 Å². The van der Waals surface area contributed by atoms with Gasteiger partial charge in [-0.2, -0.15) is 13.2 Å². The number of unbranched alkanes of at least 4 members (excludes halogenated alkanes) is 1. The van der Waals surface area contributed by atoms with Crippen molar-refractivity contribution in [3.05, 3.63) is 76.9 Å². The standard InChI is InChI=1S/C21H24F3N.C3H8O/c1-3-4-5-16-6-8-17(9-7-16)10-11-18-12-13-19(15(2)25)14-20(18)21(22,23)24;1-2-3-4/h6-9,12-14H,2-5,10-11,25H2,1H3;4H,2-3H2,1H3. The van der Waals surface area contributed by atoms with E-state index < -0.39 is 11.7 Å². The zero-order valence-electron chi connectivity index (χ0n) is 17.4. The molecule has 5 heteroatoms. The second-order valence-electron chi connectivity index (χ2n) is 7.04. The highest BCUT2D eigenvalue weighted by Gasteiger charge is 2.33. The lowest BCUT2D eigenvalue weighted by Crippen LogP contribution is -2.11. The van der Waals surface area contributed by atoms with Crippen LogP contribution in [0.15, 0.2) is 49.0 Å². The fourth-order valence-electron chi connectivity index (χ4n) is 2.79. The Morgan fingerprint density at radius 2 is 1.48 bits per heavy atom. The van der Waals surface area contributed by atoms with E-state index in [1.165, 1.54) is 11.6 Å². The molecule has 0 saturated heterocycles. The molecule has 0 aliphatic heterocycles. The molecule has 0 unspecified atom stereocenters. The van der Waals surface area contributed by atoms with Crippen LogP contribution in [0.5, 0.6) is 0 Å². The zero-order chi connectivity index (χ0) is 21.9. The Morgan fingerprint density at radius 3 is 1.93 bits per heavy atom. The fraction of sp³-hybridized carbons (Fsp3) is 0.417. The summed E-state index contributed by atoms with van der Waals surface area (Å²) in [5.74, 6) is 0. The average molecular weight is 408 g/mol. The third-order valence-corrected chi connectivity index (χ3v) is 4.53. The summed E-state index contributed by atoms with van der Waals surface area (Å²) in [5, 5.41) is 7.88. The van der Waals surface area contributed by atoms with Crippen LogP contribution in [0.4, 0.5) is 13.2 Å². The number of nitrogens with two attached hydrogens (primary N) is 1. The number of aliphatic hydroxyl groups is 1. The molecule has 2 aromatic carbocycles. The fourth-order valence-corrected chi connectivity index (χ4v) is 2.79. The van der Waals surface area contributed by atoms with E-state index >= 15 is 0 Å². The predicted molar refractivity (Wildman–Crippen MR) is 115 cm³/mol. The normalized spacial score (nSPS) is 11.0. The highest BCUT2D eigenvalue weighted by Crippen LogP contribution is 2.34. The van der Waals surface area contributed by atoms with Gasteiger partial charge in [-0.3, -0.25) is 0 Å². The van der Waals surface area contributed by atoms with Crippen molar-refractivity contribution in [2.24, 2.45) is 5.73 Å². The van der Waals surface area contributed by atoms with Crippen molar-refractivity contribution in [2.45, 2.75) is 58.5 Å². The topological polar surface area (TPSA) is 46.2 Å². The van der Waals surface area contributed by atoms with Crippen molar-refractivity contribution in [2.75, 3.05) is 6.61 Å². The molecular formula is C24H32F3NO. The Labute approximate surface area is 172 Å². The highest BCUT2D eigenvalue weighted by atomic mass is 19.4. The summed E-state index contributed by atoms with van der Waals surface area (Å²) in [6, 6.07) is 12.3. The molecule has 0 radical (unpaired) electrons. The van der Waals surface area contributed by atoms with Crippen LogP contribution in [-0.4, -0.2) is 11.7 Å². The maximum atomic E-state index is 13.3. The van der Waals surface area contributed by atoms with Gasteiger partial charge < -0.3 is 10.8 Å². The van der Waals surface area contributed by atoms with Crippen LogP contribution in [0.25, 0.3) is 5.70 Å². The van der Waals surface area contributed by atoms with Crippen LogP contribution in [0.3, 0.4) is 0 Å². The van der Waals surface area contributed by atoms with E-state index in [2.05, 4.69) is 25.6 Å². The van der Waals surface area contributed by atoms with Gasteiger partial charge in [-0.05, 0) is 60.4 Å². The van der Waals surface area contributed by atoms with Gasteiger partial charge >= 0.3 is 6.18 Å². The number of halogens is 3. The molecule has 3 N–H and O–H groups in total. The molecule has 0 heterocycles. The van der Waals surface area contributed by atoms with Crippen LogP contribution < -0.4 is 5.73 Å². The third-order valence-electron chi connectivity index (χ3n) is 4.53. The second-order valence-corrected chi connectivity index (χ2v) is 7.04. The van der Waals surface area contributed by atoms with Crippen LogP contribution in [0, 0.1) is 0 Å². The van der Waals surface area contributed by atoms with Gasteiger partial charge in [-0.25, -0.2) is 0 Å². The van der Waals surface area contributed by atoms with Crippen molar-refractivity contribution < 1.29 is 18.3 Å². The first-order valence-corrected chi connectivity index (χ1v) is 10.1. The van der Waals surface area contributed by atoms with E-state index in [4.69, 9.17) is 10.8 Å². The molecule has 0 aliphatic rings. The van der Waals surface area contributed by atoms with Crippen molar-refractivity contribution in [1.82, 2.24) is 0 Å². The highest BCUT2D eigenvalue weighted by molar-refractivity contribution is 5.61. The summed E-state index contributed by atoms with van der Waals surface area (Å²) in [5.41, 5.74) is 7.95. The third kappa shape index (κ3) is 8.73. The molecule has 160 valence electrons. The van der Waals surface area contributed by atoms with Crippen molar-refractivity contribution in [3.8, 4) is 0 Å². The minimum absolute atomic E-state index is 0.139. The molecule has 0 atom stereocenters. The quantitative estimate of drug-likeness (QED) is 0.551. The predicted octanol–water partition coefficient (Wildman–Crippen LogP) is 6.15. The summed E-state index contributed by atoms with van der Waals surface area (Å²) >= 11 is 0. The average Bonchev–Trinajstić information content (AvgIpc) is 2.70. The molecular weight excluding hydrogens is 375 g/mol. The number of aliphatic hydroxyl groups excluding tert-OH is 1. The number of hydrogen-bond donors (Lipinski definition) is 2. The summed E-state index contributed by atoms with van der Waals surface area (Å²) in [4.78, 5) is 0. The molecule has 0 aliphatic carbocycles. The zero-order valence-corrected chi connectivity index (χ0v) is 17.4. The second kappa shape index (κ2) is 12.3. The van der Waals surface area contributed by atoms with Crippen molar-refractivity contribution in [1.29, 1.82) is 0 Å². The van der Waals surface area contributed by atoms with E-state index in [1.807, 2.05) is 19.1 Å². The number of aryl methyl sites for hydroxylation is 3. The molecule has 0 spiro atoms. The van der Waals surface area contributed by atoms with Gasteiger partial charge in [-0.15, -0.1) is 0 Å². The molecule has 2 nitrogen and oxygen atoms in total. The lowest BCUT2D eigenvalue weighted by atomic mass is 9.96. The Morgan fingerprint density at radius 1 is 0.931 bits per heavy atom. The number of alkyl halides is 3. The molecule has 2 rings (SSSR count). The van der Waals surface area contributed by atoms with E-state index in [0.29, 0.717) is 25.0 Å². The van der Waals surface area contributed by atoms with Crippen LogP contribution in [-0.2, 0) is 25.4 Å². The van der Waals surface area contributed by atoms with Gasteiger partial charge in [0.25, 0.3) is 0 Å². The Balaban J connectivity index is 0.000000960. The Kier molecular flexibility index (Phi) is 10.5. The maximum Gasteiger partial charge on any atom is 0.416 e. The molecule has 0 aromatic heterocycles. The van der Waals surface area contributed by atoms with Gasteiger partial charge in [0, 0.05) is 12.3 Å².